The van der Waals surface area contributed by atoms with Gasteiger partial charge in [0.2, 0.25) is 11.8 Å². The van der Waals surface area contributed by atoms with Crippen LogP contribution in [-0.2, 0) is 98.0 Å². The topological polar surface area (TPSA) is 279 Å². The fourth-order valence-electron chi connectivity index (χ4n) is 12.9. The lowest BCUT2D eigenvalue weighted by atomic mass is 9.86. The summed E-state index contributed by atoms with van der Waals surface area (Å²) in [4.78, 5) is 76.2. The number of primary amides is 1. The van der Waals surface area contributed by atoms with E-state index < -0.39 is 46.4 Å². The van der Waals surface area contributed by atoms with Gasteiger partial charge in [0.05, 0.1) is 31.0 Å². The van der Waals surface area contributed by atoms with Gasteiger partial charge in [-0.3, -0.25) is 52.9 Å². The number of carboxylic acids is 1. The van der Waals surface area contributed by atoms with Crippen molar-refractivity contribution in [1.29, 1.82) is 0 Å². The molecule has 4 aliphatic carbocycles. The number of fused-ring (bicyclic) bond motifs is 3. The van der Waals surface area contributed by atoms with E-state index in [0.29, 0.717) is 54.0 Å². The van der Waals surface area contributed by atoms with Crippen molar-refractivity contribution < 1.29 is 65.9 Å². The number of Topliss-reactive ketones (excluding diaryl/α,β-unsaturated/α-hetero) is 1. The SMILES string of the molecule is C.C.CC(C)(C)OC(=O)Cn1[nH]c(=O)c2c1CCCC2.CCOC1NN(CC(=O)C[C@@H](Cc2cc(F)cc(F)c2)c2ncccc2-c2ccc(F)c(C(N)=O)c2)C2=C1CCCC2.CCOc1nn(CC(=O)O)c2c1CCCC2.CCOc1nn(CC(=O)OC(C)(C)C)c2c1CCCC2. The third kappa shape index (κ3) is 21.5. The quantitative estimate of drug-likeness (QED) is 0.0487. The third-order valence-electron chi connectivity index (χ3n) is 16.7. The second kappa shape index (κ2) is 35.8. The molecule has 22 nitrogen and oxygen atoms in total. The molecule has 2 atom stereocenters. The van der Waals surface area contributed by atoms with Crippen LogP contribution >= 0.6 is 0 Å². The first kappa shape index (κ1) is 78.4. The Morgan fingerprint density at radius 2 is 1.20 bits per heavy atom. The molecule has 11 rings (SSSR count). The van der Waals surface area contributed by atoms with Crippen molar-refractivity contribution in [2.75, 3.05) is 26.4 Å². The average Bonchev–Trinajstić information content (AvgIpc) is 1.12. The van der Waals surface area contributed by atoms with Gasteiger partial charge in [-0.2, -0.15) is 0 Å². The number of pyridine rings is 1. The number of esters is 2. The Balaban J connectivity index is 0.000000226. The first-order valence-corrected chi connectivity index (χ1v) is 33.5. The van der Waals surface area contributed by atoms with E-state index in [4.69, 9.17) is 34.5 Å². The number of halogens is 3. The van der Waals surface area contributed by atoms with Gasteiger partial charge in [-0.05, 0) is 218 Å². The molecule has 1 unspecified atom stereocenters. The van der Waals surface area contributed by atoms with Gasteiger partial charge in [0, 0.05) is 76.2 Å². The highest BCUT2D eigenvalue weighted by Crippen LogP contribution is 2.37. The molecule has 2 aromatic carbocycles. The number of benzene rings is 2. The zero-order chi connectivity index (χ0) is 69.4. The molecule has 5 heterocycles. The van der Waals surface area contributed by atoms with Crippen molar-refractivity contribution in [3.05, 3.63) is 144 Å². The minimum Gasteiger partial charge on any atom is -0.480 e. The van der Waals surface area contributed by atoms with E-state index in [-0.39, 0.29) is 88.9 Å². The number of allylic oxidation sites excluding steroid dienone is 1. The van der Waals surface area contributed by atoms with Gasteiger partial charge in [0.15, 0.2) is 5.78 Å². The average molecular weight is 1370 g/mol. The fourth-order valence-corrected chi connectivity index (χ4v) is 12.9. The van der Waals surface area contributed by atoms with Crippen LogP contribution in [-0.4, -0.2) is 118 Å². The highest BCUT2D eigenvalue weighted by atomic mass is 19.1. The number of amides is 1. The molecule has 1 aliphatic heterocycles. The number of H-pyrrole nitrogens is 1. The number of nitrogens with one attached hydrogen (secondary N) is 2. The number of carboxylic acid groups (broad SMARTS) is 1. The lowest BCUT2D eigenvalue weighted by molar-refractivity contribution is -0.157. The molecular formula is C73H101F3N10O12. The normalized spacial score (nSPS) is 15.6. The molecule has 0 saturated heterocycles. The minimum atomic E-state index is -0.915. The number of nitrogens with zero attached hydrogens (tertiary/aromatic N) is 7. The second-order valence-electron chi connectivity index (χ2n) is 26.4. The van der Waals surface area contributed by atoms with Crippen LogP contribution in [0.1, 0.15) is 209 Å². The van der Waals surface area contributed by atoms with E-state index in [1.165, 1.54) is 35.4 Å². The molecule has 25 heteroatoms. The highest BCUT2D eigenvalue weighted by Gasteiger charge is 2.35. The molecule has 536 valence electrons. The zero-order valence-corrected chi connectivity index (χ0v) is 56.8. The van der Waals surface area contributed by atoms with Crippen LogP contribution in [0.5, 0.6) is 11.8 Å². The Kier molecular flexibility index (Phi) is 28.6. The van der Waals surface area contributed by atoms with Crippen LogP contribution in [0.25, 0.3) is 11.1 Å². The summed E-state index contributed by atoms with van der Waals surface area (Å²) in [5, 5.41) is 22.1. The van der Waals surface area contributed by atoms with Gasteiger partial charge in [-0.1, -0.05) is 27.0 Å². The van der Waals surface area contributed by atoms with Crippen LogP contribution < -0.4 is 26.2 Å². The third-order valence-corrected chi connectivity index (χ3v) is 16.7. The Labute approximate surface area is 573 Å². The highest BCUT2D eigenvalue weighted by molar-refractivity contribution is 5.94. The van der Waals surface area contributed by atoms with Crippen LogP contribution in [0.2, 0.25) is 0 Å². The molecule has 6 aromatic rings. The van der Waals surface area contributed by atoms with Crippen LogP contribution in [0.3, 0.4) is 0 Å². The van der Waals surface area contributed by atoms with E-state index in [9.17, 15) is 41.9 Å². The zero-order valence-electron chi connectivity index (χ0n) is 56.8. The summed E-state index contributed by atoms with van der Waals surface area (Å²) in [5.41, 5.74) is 17.8. The molecule has 5 N–H and O–H groups in total. The van der Waals surface area contributed by atoms with Crippen molar-refractivity contribution >= 4 is 29.6 Å². The lowest BCUT2D eigenvalue weighted by Crippen LogP contribution is -2.42. The summed E-state index contributed by atoms with van der Waals surface area (Å²) in [5.74, 6) is -3.92. The maximum absolute atomic E-state index is 14.3. The van der Waals surface area contributed by atoms with Gasteiger partial charge >= 0.3 is 17.9 Å². The summed E-state index contributed by atoms with van der Waals surface area (Å²) in [6.07, 6.45) is 17.4. The minimum absolute atomic E-state index is 0. The van der Waals surface area contributed by atoms with Crippen LogP contribution in [0, 0.1) is 17.5 Å². The van der Waals surface area contributed by atoms with E-state index >= 15 is 0 Å². The Hall–Kier alpha value is -8.58. The smallest absolute Gasteiger partial charge is 0.328 e. The number of aliphatic carboxylic acids is 1. The predicted octanol–water partition coefficient (Wildman–Crippen LogP) is 12.0. The Morgan fingerprint density at radius 3 is 1.77 bits per heavy atom. The molecule has 0 saturated carbocycles. The van der Waals surface area contributed by atoms with Crippen molar-refractivity contribution in [2.45, 2.75) is 236 Å². The standard InChI is InChI=1S/C32H33F3N4O3.C15H24N2O3.C13H20N2O3.C11H16N2O3.2CH4/c1-2-42-32-26-6-3-4-8-29(26)39(38-32)18-24(40)15-21(12-19-13-22(33)17-23(34)14-19)30-25(7-5-11-37-30)20-9-10-28(35)27(16-20)31(36)41;1-5-19-14-11-8-6-7-9-12(11)17(16-14)10-13(18)20-15(2,3)4;1-13(2,3)18-11(16)8-15-10-7-5-4-6-9(10)12(17)14-15;1-2-16-11-8-5-3-4-6-9(8)13(12-11)7-10(14)15;;/h5,7,9-11,13-14,16-17,21,32,38H,2-4,6,8,12,15,18H2,1H3,(H2,36,41);5-10H2,1-4H3;4-8H2,1-3H3,(H,14,17);2-7H2,1H3,(H,14,15);2*1H4/t21-,32?;;;;;/m1...../s1. The number of ketones is 1. The number of carbonyl (C=O) groups is 5. The number of hydrogen-bond acceptors (Lipinski definition) is 16. The number of hydrazine groups is 1. The van der Waals surface area contributed by atoms with Gasteiger partial charge in [-0.25, -0.2) is 18.6 Å². The number of aromatic amines is 1. The van der Waals surface area contributed by atoms with E-state index in [1.807, 2.05) is 67.3 Å². The number of ether oxygens (including phenoxy) is 5. The van der Waals surface area contributed by atoms with Crippen molar-refractivity contribution in [3.8, 4) is 22.9 Å². The number of hydrogen-bond donors (Lipinski definition) is 4. The van der Waals surface area contributed by atoms with Gasteiger partial charge in [-0.15, -0.1) is 10.2 Å². The largest absolute Gasteiger partial charge is 0.480 e. The Morgan fingerprint density at radius 1 is 0.663 bits per heavy atom. The second-order valence-corrected chi connectivity index (χ2v) is 26.4. The Bertz CT molecular complexity index is 3800. The summed E-state index contributed by atoms with van der Waals surface area (Å²) >= 11 is 0. The van der Waals surface area contributed by atoms with Crippen molar-refractivity contribution in [3.63, 3.8) is 0 Å². The molecule has 0 bridgehead atoms. The number of nitrogens with two attached hydrogens (primary N) is 1. The summed E-state index contributed by atoms with van der Waals surface area (Å²) in [6.45, 7) is 18.8. The van der Waals surface area contributed by atoms with Crippen molar-refractivity contribution in [2.24, 2.45) is 5.73 Å². The number of aromatic nitrogens is 7. The lowest BCUT2D eigenvalue weighted by Gasteiger charge is -2.25. The van der Waals surface area contributed by atoms with Gasteiger partial charge in [0.1, 0.15) is 54.5 Å². The molecule has 0 spiro atoms. The molecular weight excluding hydrogens is 1270 g/mol. The maximum atomic E-state index is 14.3. The van der Waals surface area contributed by atoms with Crippen molar-refractivity contribution in [1.82, 2.24) is 44.8 Å². The first-order chi connectivity index (χ1) is 45.7. The number of rotatable bonds is 21. The first-order valence-electron chi connectivity index (χ1n) is 33.5. The summed E-state index contributed by atoms with van der Waals surface area (Å²) in [7, 11) is 0. The molecule has 98 heavy (non-hydrogen) atoms. The fraction of sp³-hybridized carbons (Fsp3) is 0.548. The van der Waals surface area contributed by atoms with Crippen LogP contribution in [0.4, 0.5) is 13.2 Å². The summed E-state index contributed by atoms with van der Waals surface area (Å²) < 4.78 is 75.0. The van der Waals surface area contributed by atoms with Gasteiger partial charge < -0.3 is 39.5 Å². The summed E-state index contributed by atoms with van der Waals surface area (Å²) in [6, 6.07) is 10.7. The molecule has 5 aliphatic rings. The van der Waals surface area contributed by atoms with E-state index in [0.717, 1.165) is 149 Å². The van der Waals surface area contributed by atoms with Gasteiger partial charge in [0.25, 0.3) is 11.5 Å². The monoisotopic (exact) mass is 1370 g/mol. The maximum Gasteiger partial charge on any atom is 0.328 e. The van der Waals surface area contributed by atoms with Crippen LogP contribution in [0.15, 0.2) is 70.8 Å². The van der Waals surface area contributed by atoms with E-state index in [2.05, 4.69) is 25.7 Å². The molecule has 4 aromatic heterocycles. The number of carbonyl (C=O) groups excluding carboxylic acids is 4. The predicted molar refractivity (Wildman–Crippen MR) is 366 cm³/mol. The molecule has 1 amide bonds. The van der Waals surface area contributed by atoms with E-state index in [1.54, 1.807) is 32.4 Å². The molecule has 0 fully saturated rings. The molecule has 0 radical (unpaired) electrons.